The fourth-order valence-electron chi connectivity index (χ4n) is 2.21. The molecule has 0 aromatic rings. The summed E-state index contributed by atoms with van der Waals surface area (Å²) in [5.41, 5.74) is 0. The number of nitrogens with zero attached hydrogens (tertiary/aromatic N) is 1. The van der Waals surface area contributed by atoms with Gasteiger partial charge in [-0.3, -0.25) is 4.90 Å². The first-order valence-electron chi connectivity index (χ1n) is 4.68. The van der Waals surface area contributed by atoms with Crippen LogP contribution in [-0.2, 0) is 0 Å². The monoisotopic (exact) mass is 195 g/mol. The van der Waals surface area contributed by atoms with Gasteiger partial charge in [0.15, 0.2) is 0 Å². The molecule has 0 N–H and O–H groups in total. The summed E-state index contributed by atoms with van der Waals surface area (Å²) in [6.07, 6.45) is -3.15. The third-order valence-electron chi connectivity index (χ3n) is 2.70. The molecule has 1 saturated heterocycles. The van der Waals surface area contributed by atoms with Crippen LogP contribution in [0.4, 0.5) is 13.2 Å². The van der Waals surface area contributed by atoms with E-state index in [1.54, 1.807) is 4.90 Å². The van der Waals surface area contributed by atoms with E-state index in [-0.39, 0.29) is 18.5 Å². The van der Waals surface area contributed by atoms with Crippen LogP contribution in [0.2, 0.25) is 0 Å². The van der Waals surface area contributed by atoms with Gasteiger partial charge in [0, 0.05) is 12.1 Å². The maximum atomic E-state index is 12.5. The normalized spacial score (nSPS) is 31.6. The smallest absolute Gasteiger partial charge is 0.287 e. The first kappa shape index (κ1) is 10.8. The fourth-order valence-corrected chi connectivity index (χ4v) is 2.21. The molecule has 78 valence electrons. The zero-order valence-electron chi connectivity index (χ0n) is 8.23. The quantitative estimate of drug-likeness (QED) is 0.622. The summed E-state index contributed by atoms with van der Waals surface area (Å²) >= 11 is 0. The van der Waals surface area contributed by atoms with Gasteiger partial charge in [-0.2, -0.15) is 13.2 Å². The predicted octanol–water partition coefficient (Wildman–Crippen LogP) is 2.81. The third kappa shape index (κ3) is 2.16. The molecule has 1 rings (SSSR count). The highest BCUT2D eigenvalue weighted by Gasteiger charge is 2.48. The molecule has 0 saturated carbocycles. The zero-order valence-corrected chi connectivity index (χ0v) is 8.23. The van der Waals surface area contributed by atoms with Crippen molar-refractivity contribution in [3.63, 3.8) is 0 Å². The lowest BCUT2D eigenvalue weighted by molar-refractivity contribution is -0.182. The second-order valence-electron chi connectivity index (χ2n) is 4.02. The van der Waals surface area contributed by atoms with E-state index in [0.29, 0.717) is 6.42 Å². The van der Waals surface area contributed by atoms with Crippen LogP contribution in [0.25, 0.3) is 0 Å². The summed E-state index contributed by atoms with van der Waals surface area (Å²) in [5.74, 6) is 0. The summed E-state index contributed by atoms with van der Waals surface area (Å²) in [5, 5.41) is 0. The molecule has 1 nitrogen and oxygen atoms in total. The van der Waals surface area contributed by atoms with Crippen molar-refractivity contribution in [2.45, 2.75) is 57.9 Å². The topological polar surface area (TPSA) is 3.24 Å². The largest absolute Gasteiger partial charge is 0.404 e. The van der Waals surface area contributed by atoms with Crippen LogP contribution in [0.1, 0.15) is 33.6 Å². The fraction of sp³-hybridized carbons (Fsp3) is 1.00. The summed E-state index contributed by atoms with van der Waals surface area (Å²) < 4.78 is 37.5. The van der Waals surface area contributed by atoms with Gasteiger partial charge < -0.3 is 0 Å². The Kier molecular flexibility index (Phi) is 2.90. The molecule has 0 aliphatic carbocycles. The van der Waals surface area contributed by atoms with Gasteiger partial charge >= 0.3 is 6.18 Å². The van der Waals surface area contributed by atoms with Crippen LogP contribution in [0.15, 0.2) is 0 Å². The maximum Gasteiger partial charge on any atom is 0.404 e. The molecule has 13 heavy (non-hydrogen) atoms. The highest BCUT2D eigenvalue weighted by molar-refractivity contribution is 4.91. The second-order valence-corrected chi connectivity index (χ2v) is 4.02. The van der Waals surface area contributed by atoms with Gasteiger partial charge in [-0.25, -0.2) is 0 Å². The first-order chi connectivity index (χ1) is 5.84. The van der Waals surface area contributed by atoms with Gasteiger partial charge in [0.2, 0.25) is 0 Å². The molecular formula is C9H16F3N. The Balaban J connectivity index is 2.76. The lowest BCUT2D eigenvalue weighted by Crippen LogP contribution is -2.47. The van der Waals surface area contributed by atoms with Gasteiger partial charge in [-0.1, -0.05) is 0 Å². The summed E-state index contributed by atoms with van der Waals surface area (Å²) in [4.78, 5) is 1.57. The van der Waals surface area contributed by atoms with Crippen molar-refractivity contribution in [1.82, 2.24) is 4.90 Å². The highest BCUT2D eigenvalue weighted by Crippen LogP contribution is 2.36. The molecule has 0 radical (unpaired) electrons. The molecule has 4 heteroatoms. The minimum atomic E-state index is -4.06. The molecule has 0 bridgehead atoms. The van der Waals surface area contributed by atoms with E-state index in [0.717, 1.165) is 0 Å². The molecule has 0 spiro atoms. The number of halogens is 3. The molecule has 1 heterocycles. The van der Waals surface area contributed by atoms with Gasteiger partial charge in [0.1, 0.15) is 6.04 Å². The van der Waals surface area contributed by atoms with Crippen molar-refractivity contribution in [2.24, 2.45) is 0 Å². The van der Waals surface area contributed by atoms with Crippen molar-refractivity contribution < 1.29 is 13.2 Å². The van der Waals surface area contributed by atoms with Gasteiger partial charge in [0.05, 0.1) is 0 Å². The summed E-state index contributed by atoms with van der Waals surface area (Å²) in [6, 6.07) is -1.18. The molecular weight excluding hydrogens is 179 g/mol. The number of hydrogen-bond donors (Lipinski definition) is 0. The number of hydrogen-bond acceptors (Lipinski definition) is 1. The van der Waals surface area contributed by atoms with Crippen LogP contribution >= 0.6 is 0 Å². The van der Waals surface area contributed by atoms with Gasteiger partial charge in [-0.15, -0.1) is 0 Å². The van der Waals surface area contributed by atoms with Crippen LogP contribution in [0.5, 0.6) is 0 Å². The van der Waals surface area contributed by atoms with E-state index in [2.05, 4.69) is 0 Å². The lowest BCUT2D eigenvalue weighted by atomic mass is 10.2. The highest BCUT2D eigenvalue weighted by atomic mass is 19.4. The van der Waals surface area contributed by atoms with Gasteiger partial charge in [0.25, 0.3) is 0 Å². The van der Waals surface area contributed by atoms with Crippen molar-refractivity contribution in [3.05, 3.63) is 0 Å². The Labute approximate surface area is 76.9 Å². The second kappa shape index (κ2) is 3.48. The Hall–Kier alpha value is -0.250. The van der Waals surface area contributed by atoms with Crippen LogP contribution < -0.4 is 0 Å². The van der Waals surface area contributed by atoms with E-state index in [1.807, 2.05) is 20.8 Å². The third-order valence-corrected chi connectivity index (χ3v) is 2.70. The molecule has 0 aromatic heterocycles. The Bertz CT molecular complexity index is 176. The average molecular weight is 195 g/mol. The van der Waals surface area contributed by atoms with E-state index >= 15 is 0 Å². The van der Waals surface area contributed by atoms with Gasteiger partial charge in [-0.05, 0) is 33.6 Å². The standard InChI is InChI=1S/C9H16F3N/c1-6(2)13-7(3)4-5-8(13)9(10,11)12/h6-8H,4-5H2,1-3H3. The van der Waals surface area contributed by atoms with Crippen LogP contribution in [0.3, 0.4) is 0 Å². The average Bonchev–Trinajstić information content (AvgIpc) is 2.28. The van der Waals surface area contributed by atoms with E-state index in [9.17, 15) is 13.2 Å². The molecule has 0 aromatic carbocycles. The first-order valence-corrected chi connectivity index (χ1v) is 4.68. The van der Waals surface area contributed by atoms with Crippen molar-refractivity contribution >= 4 is 0 Å². The minimum absolute atomic E-state index is 0.0240. The molecule has 0 amide bonds. The number of rotatable bonds is 1. The SMILES string of the molecule is CC(C)N1C(C)CCC1C(F)(F)F. The van der Waals surface area contributed by atoms with Crippen molar-refractivity contribution in [3.8, 4) is 0 Å². The van der Waals surface area contributed by atoms with Crippen molar-refractivity contribution in [1.29, 1.82) is 0 Å². The molecule has 1 fully saturated rings. The molecule has 2 unspecified atom stereocenters. The molecule has 1 aliphatic rings. The van der Waals surface area contributed by atoms with Crippen LogP contribution in [0, 0.1) is 0 Å². The van der Waals surface area contributed by atoms with E-state index < -0.39 is 12.2 Å². The van der Waals surface area contributed by atoms with E-state index in [1.165, 1.54) is 0 Å². The molecule has 2 atom stereocenters. The van der Waals surface area contributed by atoms with Crippen molar-refractivity contribution in [2.75, 3.05) is 0 Å². The zero-order chi connectivity index (χ0) is 10.2. The maximum absolute atomic E-state index is 12.5. The summed E-state index contributed by atoms with van der Waals surface area (Å²) in [7, 11) is 0. The minimum Gasteiger partial charge on any atom is -0.287 e. The number of likely N-dealkylation sites (tertiary alicyclic amines) is 1. The Morgan fingerprint density at radius 3 is 2.08 bits per heavy atom. The lowest BCUT2D eigenvalue weighted by Gasteiger charge is -2.33. The summed E-state index contributed by atoms with van der Waals surface area (Å²) in [6.45, 7) is 5.51. The Morgan fingerprint density at radius 1 is 1.23 bits per heavy atom. The van der Waals surface area contributed by atoms with Crippen LogP contribution in [-0.4, -0.2) is 29.2 Å². The molecule has 1 aliphatic heterocycles. The predicted molar refractivity (Wildman–Crippen MR) is 45.5 cm³/mol. The number of alkyl halides is 3. The Morgan fingerprint density at radius 2 is 1.77 bits per heavy atom. The van der Waals surface area contributed by atoms with E-state index in [4.69, 9.17) is 0 Å².